The molecular weight excluding hydrogens is 206 g/mol. The molecule has 16 heavy (non-hydrogen) atoms. The lowest BCUT2D eigenvalue weighted by atomic mass is 9.84. The third-order valence-corrected chi connectivity index (χ3v) is 3.23. The summed E-state index contributed by atoms with van der Waals surface area (Å²) in [5, 5.41) is 8.87. The lowest BCUT2D eigenvalue weighted by Crippen LogP contribution is -2.18. The van der Waals surface area contributed by atoms with E-state index < -0.39 is 11.5 Å². The van der Waals surface area contributed by atoms with E-state index in [1.807, 2.05) is 0 Å². The molecule has 1 aliphatic rings. The Morgan fingerprint density at radius 2 is 2.00 bits per heavy atom. The molecule has 0 bridgehead atoms. The number of carboxylic acids is 1. The smallest absolute Gasteiger partial charge is 0.341 e. The van der Waals surface area contributed by atoms with Gasteiger partial charge in [-0.25, -0.2) is 4.79 Å². The van der Waals surface area contributed by atoms with Crippen LogP contribution in [0, 0.1) is 0 Å². The molecule has 0 spiro atoms. The third kappa shape index (κ3) is 2.15. The number of H-pyrrole nitrogens is 1. The second-order valence-electron chi connectivity index (χ2n) is 4.32. The summed E-state index contributed by atoms with van der Waals surface area (Å²) < 4.78 is 0. The summed E-state index contributed by atoms with van der Waals surface area (Å²) in [5.41, 5.74) is 0.284. The van der Waals surface area contributed by atoms with Gasteiger partial charge >= 0.3 is 5.97 Å². The first-order valence-corrected chi connectivity index (χ1v) is 5.64. The van der Waals surface area contributed by atoms with Crippen LogP contribution >= 0.6 is 0 Å². The van der Waals surface area contributed by atoms with E-state index in [4.69, 9.17) is 5.11 Å². The Kier molecular flexibility index (Phi) is 3.08. The van der Waals surface area contributed by atoms with Gasteiger partial charge in [-0.15, -0.1) is 0 Å². The predicted molar refractivity (Wildman–Crippen MR) is 59.8 cm³/mol. The van der Waals surface area contributed by atoms with Crippen molar-refractivity contribution in [1.29, 1.82) is 0 Å². The van der Waals surface area contributed by atoms with Gasteiger partial charge in [0.05, 0.1) is 0 Å². The van der Waals surface area contributed by atoms with Crippen molar-refractivity contribution in [3.63, 3.8) is 0 Å². The number of pyridine rings is 1. The monoisotopic (exact) mass is 221 g/mol. The fourth-order valence-corrected chi connectivity index (χ4v) is 2.33. The Balaban J connectivity index is 2.31. The number of carboxylic acid groups (broad SMARTS) is 1. The van der Waals surface area contributed by atoms with Gasteiger partial charge in [0.1, 0.15) is 5.56 Å². The number of aromatic amines is 1. The summed E-state index contributed by atoms with van der Waals surface area (Å²) in [6.45, 7) is 0. The molecule has 1 aliphatic carbocycles. The highest BCUT2D eigenvalue weighted by molar-refractivity contribution is 5.87. The van der Waals surface area contributed by atoms with Crippen LogP contribution in [-0.2, 0) is 0 Å². The first-order valence-electron chi connectivity index (χ1n) is 5.64. The van der Waals surface area contributed by atoms with Gasteiger partial charge in [-0.1, -0.05) is 19.3 Å². The molecule has 2 rings (SSSR count). The maximum atomic E-state index is 11.3. The summed E-state index contributed by atoms with van der Waals surface area (Å²) in [6.07, 6.45) is 7.46. The van der Waals surface area contributed by atoms with E-state index in [-0.39, 0.29) is 5.56 Å². The van der Waals surface area contributed by atoms with Gasteiger partial charge < -0.3 is 10.1 Å². The molecule has 4 heteroatoms. The van der Waals surface area contributed by atoms with Crippen LogP contribution in [0.25, 0.3) is 0 Å². The molecule has 1 aromatic heterocycles. The van der Waals surface area contributed by atoms with Gasteiger partial charge in [0.15, 0.2) is 0 Å². The highest BCUT2D eigenvalue weighted by atomic mass is 16.4. The second kappa shape index (κ2) is 4.51. The van der Waals surface area contributed by atoms with Crippen LogP contribution in [0.4, 0.5) is 0 Å². The van der Waals surface area contributed by atoms with Crippen molar-refractivity contribution in [2.75, 3.05) is 0 Å². The number of hydrogen-bond donors (Lipinski definition) is 2. The molecule has 86 valence electrons. The van der Waals surface area contributed by atoms with E-state index in [2.05, 4.69) is 4.98 Å². The molecule has 1 saturated carbocycles. The van der Waals surface area contributed by atoms with Crippen LogP contribution in [0.3, 0.4) is 0 Å². The maximum Gasteiger partial charge on any atom is 0.341 e. The molecule has 0 saturated heterocycles. The molecule has 0 aromatic carbocycles. The summed E-state index contributed by atoms with van der Waals surface area (Å²) in [7, 11) is 0. The van der Waals surface area contributed by atoms with Gasteiger partial charge in [0.25, 0.3) is 5.56 Å². The Hall–Kier alpha value is -1.58. The van der Waals surface area contributed by atoms with Crippen molar-refractivity contribution in [2.45, 2.75) is 38.0 Å². The third-order valence-electron chi connectivity index (χ3n) is 3.23. The predicted octanol–water partition coefficient (Wildman–Crippen LogP) is 2.12. The summed E-state index contributed by atoms with van der Waals surface area (Å²) in [5.74, 6) is -0.748. The number of aromatic nitrogens is 1. The molecule has 0 aliphatic heterocycles. The standard InChI is InChI=1S/C12H15NO3/c14-11-10(12(15)16)6-9(7-13-11)8-4-2-1-3-5-8/h6-8H,1-5H2,(H,13,14)(H,15,16). The van der Waals surface area contributed by atoms with E-state index >= 15 is 0 Å². The first-order chi connectivity index (χ1) is 7.68. The fourth-order valence-electron chi connectivity index (χ4n) is 2.33. The van der Waals surface area contributed by atoms with Gasteiger partial charge in [0, 0.05) is 6.20 Å². The highest BCUT2D eigenvalue weighted by Crippen LogP contribution is 2.31. The largest absolute Gasteiger partial charge is 0.477 e. The normalized spacial score (nSPS) is 17.2. The number of aromatic carboxylic acids is 1. The van der Waals surface area contributed by atoms with Gasteiger partial charge in [0.2, 0.25) is 0 Å². The molecule has 4 nitrogen and oxygen atoms in total. The molecular formula is C12H15NO3. The minimum atomic E-state index is -1.15. The number of hydrogen-bond acceptors (Lipinski definition) is 2. The Morgan fingerprint density at radius 3 is 2.62 bits per heavy atom. The summed E-state index contributed by atoms with van der Waals surface area (Å²) >= 11 is 0. The SMILES string of the molecule is O=C(O)c1cc(C2CCCCC2)c[nH]c1=O. The molecule has 1 aromatic rings. The Morgan fingerprint density at radius 1 is 1.31 bits per heavy atom. The van der Waals surface area contributed by atoms with Gasteiger partial charge in [-0.05, 0) is 30.4 Å². The van der Waals surface area contributed by atoms with Crippen molar-refractivity contribution in [2.24, 2.45) is 0 Å². The van der Waals surface area contributed by atoms with Crippen molar-refractivity contribution in [1.82, 2.24) is 4.98 Å². The second-order valence-corrected chi connectivity index (χ2v) is 4.32. The Labute approximate surface area is 93.3 Å². The topological polar surface area (TPSA) is 70.2 Å². The molecule has 0 atom stereocenters. The van der Waals surface area contributed by atoms with E-state index in [0.29, 0.717) is 5.92 Å². The minimum absolute atomic E-state index is 0.150. The average molecular weight is 221 g/mol. The molecule has 2 N–H and O–H groups in total. The quantitative estimate of drug-likeness (QED) is 0.803. The van der Waals surface area contributed by atoms with Crippen LogP contribution in [0.15, 0.2) is 17.1 Å². The van der Waals surface area contributed by atoms with Crippen molar-refractivity contribution < 1.29 is 9.90 Å². The lowest BCUT2D eigenvalue weighted by molar-refractivity contribution is 0.0694. The van der Waals surface area contributed by atoms with Crippen molar-refractivity contribution in [3.05, 3.63) is 33.7 Å². The first kappa shape index (κ1) is 10.9. The van der Waals surface area contributed by atoms with Gasteiger partial charge in [-0.3, -0.25) is 4.79 Å². The van der Waals surface area contributed by atoms with Crippen LogP contribution in [0.2, 0.25) is 0 Å². The van der Waals surface area contributed by atoms with Crippen molar-refractivity contribution >= 4 is 5.97 Å². The van der Waals surface area contributed by atoms with Crippen LogP contribution in [-0.4, -0.2) is 16.1 Å². The minimum Gasteiger partial charge on any atom is -0.477 e. The fraction of sp³-hybridized carbons (Fsp3) is 0.500. The van der Waals surface area contributed by atoms with Crippen molar-refractivity contribution in [3.8, 4) is 0 Å². The lowest BCUT2D eigenvalue weighted by Gasteiger charge is -2.21. The van der Waals surface area contributed by atoms with Crippen LogP contribution < -0.4 is 5.56 Å². The van der Waals surface area contributed by atoms with E-state index in [0.717, 1.165) is 18.4 Å². The Bertz CT molecular complexity index is 444. The molecule has 0 radical (unpaired) electrons. The van der Waals surface area contributed by atoms with E-state index in [9.17, 15) is 9.59 Å². The zero-order valence-electron chi connectivity index (χ0n) is 9.03. The molecule has 1 fully saturated rings. The van der Waals surface area contributed by atoms with E-state index in [1.165, 1.54) is 25.3 Å². The zero-order chi connectivity index (χ0) is 11.5. The van der Waals surface area contributed by atoms with Crippen LogP contribution in [0.1, 0.15) is 53.9 Å². The average Bonchev–Trinajstić information content (AvgIpc) is 2.30. The maximum absolute atomic E-state index is 11.3. The summed E-state index contributed by atoms with van der Waals surface area (Å²) in [6, 6.07) is 1.52. The highest BCUT2D eigenvalue weighted by Gasteiger charge is 2.18. The van der Waals surface area contributed by atoms with Crippen LogP contribution in [0.5, 0.6) is 0 Å². The molecule has 1 heterocycles. The number of rotatable bonds is 2. The number of nitrogens with one attached hydrogen (secondary N) is 1. The molecule has 0 unspecified atom stereocenters. The zero-order valence-corrected chi connectivity index (χ0v) is 9.03. The van der Waals surface area contributed by atoms with Gasteiger partial charge in [-0.2, -0.15) is 0 Å². The molecule has 0 amide bonds. The summed E-state index contributed by atoms with van der Waals surface area (Å²) in [4.78, 5) is 24.6. The van der Waals surface area contributed by atoms with E-state index in [1.54, 1.807) is 6.20 Å². The number of carbonyl (C=O) groups is 1.